The zero-order chi connectivity index (χ0) is 22.3. The Hall–Kier alpha value is -3.56. The molecule has 0 spiro atoms. The van der Waals surface area contributed by atoms with Gasteiger partial charge in [-0.25, -0.2) is 17.9 Å². The fraction of sp³-hybridized carbons (Fsp3) is 0.136. The maximum atomic E-state index is 12.9. The van der Waals surface area contributed by atoms with Crippen LogP contribution in [0, 0.1) is 0 Å². The zero-order valence-electron chi connectivity index (χ0n) is 16.5. The minimum Gasteiger partial charge on any atom is -0.478 e. The summed E-state index contributed by atoms with van der Waals surface area (Å²) in [6, 6.07) is 17.5. The first-order valence-corrected chi connectivity index (χ1v) is 10.9. The maximum absolute atomic E-state index is 12.9. The molecule has 0 bridgehead atoms. The molecule has 0 unspecified atom stereocenters. The molecule has 31 heavy (non-hydrogen) atoms. The van der Waals surface area contributed by atoms with Gasteiger partial charge in [0.2, 0.25) is 15.9 Å². The molecule has 160 valence electrons. The Balaban J connectivity index is 1.75. The molecule has 0 saturated carbocycles. The van der Waals surface area contributed by atoms with Crippen LogP contribution in [-0.4, -0.2) is 41.8 Å². The third kappa shape index (κ3) is 6.21. The summed E-state index contributed by atoms with van der Waals surface area (Å²) in [7, 11) is -3.82. The third-order valence-corrected chi connectivity index (χ3v) is 5.91. The lowest BCUT2D eigenvalue weighted by molar-refractivity contribution is -0.131. The lowest BCUT2D eigenvalue weighted by atomic mass is 10.1. The Morgan fingerprint density at radius 1 is 0.903 bits per heavy atom. The van der Waals surface area contributed by atoms with Gasteiger partial charge < -0.3 is 10.0 Å². The van der Waals surface area contributed by atoms with Crippen LogP contribution < -0.4 is 4.72 Å². The van der Waals surface area contributed by atoms with E-state index in [1.54, 1.807) is 48.8 Å². The van der Waals surface area contributed by atoms with Gasteiger partial charge in [0.15, 0.2) is 0 Å². The molecule has 0 saturated heterocycles. The summed E-state index contributed by atoms with van der Waals surface area (Å²) >= 11 is 0. The molecule has 0 radical (unpaired) electrons. The molecule has 3 rings (SSSR count). The molecule has 3 aromatic rings. The second-order valence-corrected chi connectivity index (χ2v) is 8.52. The monoisotopic (exact) mass is 439 g/mol. The van der Waals surface area contributed by atoms with Gasteiger partial charge in [0.05, 0.1) is 17.0 Å². The molecular weight excluding hydrogens is 418 g/mol. The second-order valence-electron chi connectivity index (χ2n) is 6.75. The van der Waals surface area contributed by atoms with Gasteiger partial charge in [-0.1, -0.05) is 36.4 Å². The summed E-state index contributed by atoms with van der Waals surface area (Å²) in [5, 5.41) is 9.04. The first kappa shape index (κ1) is 22.1. The predicted octanol–water partition coefficient (Wildman–Crippen LogP) is 2.29. The van der Waals surface area contributed by atoms with Crippen LogP contribution in [0.3, 0.4) is 0 Å². The molecule has 0 aliphatic carbocycles. The van der Waals surface area contributed by atoms with E-state index in [0.29, 0.717) is 5.56 Å². The van der Waals surface area contributed by atoms with Crippen LogP contribution in [0.4, 0.5) is 0 Å². The summed E-state index contributed by atoms with van der Waals surface area (Å²) < 4.78 is 27.2. The van der Waals surface area contributed by atoms with Crippen LogP contribution in [-0.2, 0) is 27.9 Å². The lowest BCUT2D eigenvalue weighted by Gasteiger charge is -2.23. The van der Waals surface area contributed by atoms with Crippen LogP contribution in [0.15, 0.2) is 84.0 Å². The smallest absolute Gasteiger partial charge is 0.335 e. The van der Waals surface area contributed by atoms with Crippen LogP contribution in [0.1, 0.15) is 21.5 Å². The van der Waals surface area contributed by atoms with E-state index in [2.05, 4.69) is 9.71 Å². The van der Waals surface area contributed by atoms with Gasteiger partial charge in [-0.15, -0.1) is 0 Å². The van der Waals surface area contributed by atoms with E-state index >= 15 is 0 Å². The SMILES string of the molecule is O=C(O)c1ccc(CN(Cc2cccnc2)C(=O)CNS(=O)(=O)c2ccccc2)cc1. The first-order valence-electron chi connectivity index (χ1n) is 9.39. The Kier molecular flexibility index (Phi) is 7.11. The van der Waals surface area contributed by atoms with Crippen molar-refractivity contribution in [1.29, 1.82) is 0 Å². The van der Waals surface area contributed by atoms with Crippen molar-refractivity contribution in [1.82, 2.24) is 14.6 Å². The van der Waals surface area contributed by atoms with Gasteiger partial charge in [-0.3, -0.25) is 9.78 Å². The van der Waals surface area contributed by atoms with Gasteiger partial charge in [0.25, 0.3) is 0 Å². The highest BCUT2D eigenvalue weighted by Gasteiger charge is 2.19. The normalized spacial score (nSPS) is 11.1. The van der Waals surface area contributed by atoms with Crippen molar-refractivity contribution in [3.8, 4) is 0 Å². The number of aromatic carboxylic acids is 1. The zero-order valence-corrected chi connectivity index (χ0v) is 17.3. The van der Waals surface area contributed by atoms with Gasteiger partial charge in [0, 0.05) is 25.5 Å². The van der Waals surface area contributed by atoms with Gasteiger partial charge in [0.1, 0.15) is 0 Å². The van der Waals surface area contributed by atoms with Crippen LogP contribution in [0.5, 0.6) is 0 Å². The van der Waals surface area contributed by atoms with Crippen molar-refractivity contribution in [3.63, 3.8) is 0 Å². The molecule has 0 fully saturated rings. The van der Waals surface area contributed by atoms with Crippen molar-refractivity contribution in [2.45, 2.75) is 18.0 Å². The summed E-state index contributed by atoms with van der Waals surface area (Å²) in [4.78, 5) is 29.5. The number of carbonyl (C=O) groups excluding carboxylic acids is 1. The van der Waals surface area contributed by atoms with Gasteiger partial charge in [-0.05, 0) is 41.5 Å². The minimum atomic E-state index is -3.82. The number of carbonyl (C=O) groups is 2. The highest BCUT2D eigenvalue weighted by molar-refractivity contribution is 7.89. The number of hydrogen-bond donors (Lipinski definition) is 2. The second kappa shape index (κ2) is 9.96. The van der Waals surface area contributed by atoms with Crippen molar-refractivity contribution in [3.05, 3.63) is 95.8 Å². The van der Waals surface area contributed by atoms with E-state index < -0.39 is 28.4 Å². The van der Waals surface area contributed by atoms with Crippen LogP contribution in [0.2, 0.25) is 0 Å². The number of nitrogens with zero attached hydrogens (tertiary/aromatic N) is 2. The number of carboxylic acids is 1. The average Bonchev–Trinajstić information content (AvgIpc) is 2.79. The highest BCUT2D eigenvalue weighted by Crippen LogP contribution is 2.12. The van der Waals surface area contributed by atoms with E-state index in [4.69, 9.17) is 5.11 Å². The van der Waals surface area contributed by atoms with Gasteiger partial charge in [-0.2, -0.15) is 0 Å². The number of hydrogen-bond acceptors (Lipinski definition) is 5. The maximum Gasteiger partial charge on any atom is 0.335 e. The molecule has 8 nitrogen and oxygen atoms in total. The topological polar surface area (TPSA) is 117 Å². The van der Waals surface area contributed by atoms with Crippen molar-refractivity contribution in [2.24, 2.45) is 0 Å². The van der Waals surface area contributed by atoms with Crippen LogP contribution in [0.25, 0.3) is 0 Å². The molecule has 9 heteroatoms. The van der Waals surface area contributed by atoms with Crippen molar-refractivity contribution >= 4 is 21.9 Å². The molecule has 1 amide bonds. The summed E-state index contributed by atoms with van der Waals surface area (Å²) in [6.45, 7) is -0.00812. The third-order valence-electron chi connectivity index (χ3n) is 4.49. The summed E-state index contributed by atoms with van der Waals surface area (Å²) in [5.41, 5.74) is 1.64. The number of benzene rings is 2. The van der Waals surface area contributed by atoms with Gasteiger partial charge >= 0.3 is 5.97 Å². The number of aromatic nitrogens is 1. The molecular formula is C22H21N3O5S. The number of amides is 1. The molecule has 0 atom stereocenters. The van der Waals surface area contributed by atoms with E-state index in [-0.39, 0.29) is 23.5 Å². The number of pyridine rings is 1. The lowest BCUT2D eigenvalue weighted by Crippen LogP contribution is -2.39. The Morgan fingerprint density at radius 3 is 2.19 bits per heavy atom. The first-order chi connectivity index (χ1) is 14.8. The van der Waals surface area contributed by atoms with Crippen molar-refractivity contribution < 1.29 is 23.1 Å². The summed E-state index contributed by atoms with van der Waals surface area (Å²) in [6.07, 6.45) is 3.25. The van der Waals surface area contributed by atoms with E-state index in [0.717, 1.165) is 5.56 Å². The number of carboxylic acid groups (broad SMARTS) is 1. The molecule has 2 aromatic carbocycles. The number of nitrogens with one attached hydrogen (secondary N) is 1. The van der Waals surface area contributed by atoms with E-state index in [9.17, 15) is 18.0 Å². The van der Waals surface area contributed by atoms with E-state index in [1.807, 2.05) is 6.07 Å². The fourth-order valence-electron chi connectivity index (χ4n) is 2.87. The Morgan fingerprint density at radius 2 is 1.58 bits per heavy atom. The van der Waals surface area contributed by atoms with Crippen molar-refractivity contribution in [2.75, 3.05) is 6.54 Å². The number of sulfonamides is 1. The summed E-state index contributed by atoms with van der Waals surface area (Å²) in [5.74, 6) is -1.46. The number of rotatable bonds is 9. The Bertz CT molecular complexity index is 1130. The minimum absolute atomic E-state index is 0.0749. The molecule has 1 heterocycles. The molecule has 0 aliphatic rings. The highest BCUT2D eigenvalue weighted by atomic mass is 32.2. The Labute approximate surface area is 180 Å². The predicted molar refractivity (Wildman–Crippen MR) is 114 cm³/mol. The molecule has 1 aromatic heterocycles. The fourth-order valence-corrected chi connectivity index (χ4v) is 3.86. The molecule has 2 N–H and O–H groups in total. The standard InChI is InChI=1S/C22H21N3O5S/c26-21(14-24-31(29,30)20-6-2-1-3-7-20)25(16-18-5-4-12-23-13-18)15-17-8-10-19(11-9-17)22(27)28/h1-13,24H,14-16H2,(H,27,28). The largest absolute Gasteiger partial charge is 0.478 e. The average molecular weight is 439 g/mol. The quantitative estimate of drug-likeness (QED) is 0.528. The van der Waals surface area contributed by atoms with Crippen LogP contribution >= 0.6 is 0 Å². The molecule has 0 aliphatic heterocycles. The van der Waals surface area contributed by atoms with E-state index in [1.165, 1.54) is 29.2 Å².